The SMILES string of the molecule is CC(C)c1cc(C(=O)N2C[C@@H]3C[C@H]4C[C@H]3[C@@H]2[C@H]4O)cc(=O)[nH]1. The molecule has 3 aliphatic rings. The Morgan fingerprint density at radius 2 is 2.09 bits per heavy atom. The van der Waals surface area contributed by atoms with Crippen LogP contribution in [0.3, 0.4) is 0 Å². The number of aliphatic hydroxyl groups excluding tert-OH is 1. The van der Waals surface area contributed by atoms with E-state index in [2.05, 4.69) is 4.98 Å². The van der Waals surface area contributed by atoms with Crippen LogP contribution in [0.4, 0.5) is 0 Å². The summed E-state index contributed by atoms with van der Waals surface area (Å²) in [6.07, 6.45) is 1.70. The number of rotatable bonds is 2. The molecule has 1 aromatic heterocycles. The first-order chi connectivity index (χ1) is 10.5. The zero-order chi connectivity index (χ0) is 15.6. The second-order valence-electron chi connectivity index (χ2n) is 7.44. The molecule has 0 unspecified atom stereocenters. The lowest BCUT2D eigenvalue weighted by atomic mass is 9.88. The van der Waals surface area contributed by atoms with Crippen molar-refractivity contribution in [3.05, 3.63) is 33.7 Å². The number of carbonyl (C=O) groups excluding carboxylic acids is 1. The average molecular weight is 302 g/mol. The number of aliphatic hydroxyl groups is 1. The Morgan fingerprint density at radius 3 is 2.77 bits per heavy atom. The average Bonchev–Trinajstić information content (AvgIpc) is 3.07. The third-order valence-electron chi connectivity index (χ3n) is 5.84. The lowest BCUT2D eigenvalue weighted by Crippen LogP contribution is -2.44. The number of fused-ring (bicyclic) bond motifs is 1. The van der Waals surface area contributed by atoms with Crippen molar-refractivity contribution in [3.8, 4) is 0 Å². The third kappa shape index (κ3) is 1.88. The molecule has 1 aliphatic heterocycles. The smallest absolute Gasteiger partial charge is 0.254 e. The Hall–Kier alpha value is -1.62. The highest BCUT2D eigenvalue weighted by atomic mass is 16.3. The van der Waals surface area contributed by atoms with Gasteiger partial charge >= 0.3 is 0 Å². The topological polar surface area (TPSA) is 73.4 Å². The molecule has 5 heteroatoms. The van der Waals surface area contributed by atoms with Crippen LogP contribution >= 0.6 is 0 Å². The van der Waals surface area contributed by atoms with Crippen LogP contribution in [0.5, 0.6) is 0 Å². The van der Waals surface area contributed by atoms with Gasteiger partial charge in [-0.3, -0.25) is 9.59 Å². The van der Waals surface area contributed by atoms with E-state index in [1.54, 1.807) is 6.07 Å². The van der Waals surface area contributed by atoms with Gasteiger partial charge < -0.3 is 15.0 Å². The highest BCUT2D eigenvalue weighted by molar-refractivity contribution is 5.94. The van der Waals surface area contributed by atoms with Crippen LogP contribution in [0, 0.1) is 17.8 Å². The first-order valence-corrected chi connectivity index (χ1v) is 8.19. The summed E-state index contributed by atoms with van der Waals surface area (Å²) in [5, 5.41) is 10.4. The second kappa shape index (κ2) is 4.69. The van der Waals surface area contributed by atoms with Gasteiger partial charge in [-0.05, 0) is 42.6 Å². The van der Waals surface area contributed by atoms with Crippen molar-refractivity contribution < 1.29 is 9.90 Å². The molecule has 2 N–H and O–H groups in total. The van der Waals surface area contributed by atoms with E-state index < -0.39 is 0 Å². The first kappa shape index (κ1) is 14.0. The van der Waals surface area contributed by atoms with Crippen molar-refractivity contribution in [3.63, 3.8) is 0 Å². The predicted octanol–water partition coefficient (Wildman–Crippen LogP) is 1.34. The van der Waals surface area contributed by atoms with Crippen molar-refractivity contribution in [2.45, 2.75) is 44.8 Å². The Balaban J connectivity index is 1.67. The van der Waals surface area contributed by atoms with Gasteiger partial charge in [-0.25, -0.2) is 0 Å². The third-order valence-corrected chi connectivity index (χ3v) is 5.84. The van der Waals surface area contributed by atoms with Gasteiger partial charge in [-0.15, -0.1) is 0 Å². The van der Waals surface area contributed by atoms with Gasteiger partial charge in [0.05, 0.1) is 12.1 Å². The lowest BCUT2D eigenvalue weighted by molar-refractivity contribution is 0.0401. The van der Waals surface area contributed by atoms with Crippen LogP contribution in [0.2, 0.25) is 0 Å². The quantitative estimate of drug-likeness (QED) is 0.866. The van der Waals surface area contributed by atoms with E-state index in [-0.39, 0.29) is 29.5 Å². The van der Waals surface area contributed by atoms with Crippen LogP contribution in [-0.2, 0) is 0 Å². The number of nitrogens with zero attached hydrogens (tertiary/aromatic N) is 1. The number of carbonyl (C=O) groups is 1. The molecule has 2 bridgehead atoms. The maximum Gasteiger partial charge on any atom is 0.254 e. The summed E-state index contributed by atoms with van der Waals surface area (Å²) in [4.78, 5) is 29.3. The number of aromatic amines is 1. The highest BCUT2D eigenvalue weighted by Gasteiger charge is 2.59. The molecule has 2 heterocycles. The fourth-order valence-electron chi connectivity index (χ4n) is 4.81. The molecule has 0 radical (unpaired) electrons. The molecule has 2 aliphatic carbocycles. The van der Waals surface area contributed by atoms with E-state index in [1.165, 1.54) is 6.07 Å². The minimum Gasteiger partial charge on any atom is -0.391 e. The van der Waals surface area contributed by atoms with E-state index in [1.807, 2.05) is 18.7 Å². The van der Waals surface area contributed by atoms with Gasteiger partial charge in [0.15, 0.2) is 0 Å². The molecule has 3 fully saturated rings. The number of likely N-dealkylation sites (tertiary alicyclic amines) is 1. The highest BCUT2D eigenvalue weighted by Crippen LogP contribution is 2.55. The number of nitrogens with one attached hydrogen (secondary N) is 1. The van der Waals surface area contributed by atoms with Crippen molar-refractivity contribution in [2.75, 3.05) is 6.54 Å². The molecule has 2 saturated carbocycles. The molecule has 0 spiro atoms. The fraction of sp³-hybridized carbons (Fsp3) is 0.647. The van der Waals surface area contributed by atoms with Gasteiger partial charge in [0.1, 0.15) is 0 Å². The normalized spacial score (nSPS) is 35.6. The van der Waals surface area contributed by atoms with Gasteiger partial charge in [-0.2, -0.15) is 0 Å². The molecule has 1 aromatic rings. The van der Waals surface area contributed by atoms with Crippen molar-refractivity contribution in [1.82, 2.24) is 9.88 Å². The Bertz CT molecular complexity index is 679. The number of aromatic nitrogens is 1. The Morgan fingerprint density at radius 1 is 1.32 bits per heavy atom. The maximum atomic E-state index is 12.9. The summed E-state index contributed by atoms with van der Waals surface area (Å²) >= 11 is 0. The summed E-state index contributed by atoms with van der Waals surface area (Å²) in [5.74, 6) is 1.41. The van der Waals surface area contributed by atoms with E-state index in [9.17, 15) is 14.7 Å². The zero-order valence-electron chi connectivity index (χ0n) is 13.0. The molecule has 5 nitrogen and oxygen atoms in total. The number of amides is 1. The molecular formula is C17H22N2O3. The van der Waals surface area contributed by atoms with E-state index >= 15 is 0 Å². The predicted molar refractivity (Wildman–Crippen MR) is 81.7 cm³/mol. The fourth-order valence-corrected chi connectivity index (χ4v) is 4.81. The van der Waals surface area contributed by atoms with Gasteiger partial charge in [-0.1, -0.05) is 13.8 Å². The van der Waals surface area contributed by atoms with Crippen molar-refractivity contribution >= 4 is 5.91 Å². The minimum atomic E-state index is -0.390. The van der Waals surface area contributed by atoms with Crippen LogP contribution in [0.15, 0.2) is 16.9 Å². The summed E-state index contributed by atoms with van der Waals surface area (Å²) in [6.45, 7) is 4.70. The van der Waals surface area contributed by atoms with E-state index in [0.29, 0.717) is 23.3 Å². The molecule has 1 saturated heterocycles. The molecule has 22 heavy (non-hydrogen) atoms. The number of H-pyrrole nitrogens is 1. The van der Waals surface area contributed by atoms with E-state index in [4.69, 9.17) is 0 Å². The molecular weight excluding hydrogens is 280 g/mol. The summed E-state index contributed by atoms with van der Waals surface area (Å²) in [5.41, 5.74) is 0.994. The minimum absolute atomic E-state index is 0.0435. The maximum absolute atomic E-state index is 12.9. The molecule has 1 amide bonds. The van der Waals surface area contributed by atoms with Gasteiger partial charge in [0.2, 0.25) is 5.56 Å². The molecule has 5 atom stereocenters. The van der Waals surface area contributed by atoms with Crippen LogP contribution in [0.1, 0.15) is 48.7 Å². The van der Waals surface area contributed by atoms with Crippen molar-refractivity contribution in [1.29, 1.82) is 0 Å². The Labute approximate surface area is 129 Å². The van der Waals surface area contributed by atoms with Gasteiger partial charge in [0.25, 0.3) is 5.91 Å². The summed E-state index contributed by atoms with van der Waals surface area (Å²) < 4.78 is 0. The van der Waals surface area contributed by atoms with Crippen molar-refractivity contribution in [2.24, 2.45) is 17.8 Å². The molecule has 4 rings (SSSR count). The first-order valence-electron chi connectivity index (χ1n) is 8.19. The zero-order valence-corrected chi connectivity index (χ0v) is 13.0. The largest absolute Gasteiger partial charge is 0.391 e. The Kier molecular flexibility index (Phi) is 2.98. The standard InChI is InChI=1S/C17H22N2O3/c1-8(2)13-5-10(6-14(20)18-13)17(22)19-7-11-3-9-4-12(11)15(19)16(9)21/h5-6,8-9,11-12,15-16,21H,3-4,7H2,1-2H3,(H,18,20)/t9-,11-,12+,15+,16-/m0/s1. The summed E-state index contributed by atoms with van der Waals surface area (Å²) in [6, 6.07) is 3.12. The van der Waals surface area contributed by atoms with E-state index in [0.717, 1.165) is 25.1 Å². The van der Waals surface area contributed by atoms with Gasteiger partial charge in [0, 0.05) is 23.9 Å². The second-order valence-corrected chi connectivity index (χ2v) is 7.44. The lowest BCUT2D eigenvalue weighted by Gasteiger charge is -2.29. The number of hydrogen-bond acceptors (Lipinski definition) is 3. The monoisotopic (exact) mass is 302 g/mol. The van der Waals surface area contributed by atoms with Crippen LogP contribution in [-0.4, -0.2) is 39.6 Å². The van der Waals surface area contributed by atoms with Crippen LogP contribution < -0.4 is 5.56 Å². The number of pyridine rings is 1. The van der Waals surface area contributed by atoms with Crippen LogP contribution in [0.25, 0.3) is 0 Å². The number of hydrogen-bond donors (Lipinski definition) is 2. The molecule has 0 aromatic carbocycles. The summed E-state index contributed by atoms with van der Waals surface area (Å²) in [7, 11) is 0. The molecule has 118 valence electrons.